The van der Waals surface area contributed by atoms with Crippen LogP contribution in [0.2, 0.25) is 0 Å². The maximum atomic E-state index is 6.03. The zero-order valence-electron chi connectivity index (χ0n) is 4.47. The lowest BCUT2D eigenvalue weighted by Gasteiger charge is -2.30. The largest absolute Gasteiger partial charge is 0.110 e. The lowest BCUT2D eigenvalue weighted by molar-refractivity contribution is 0.576. The highest BCUT2D eigenvalue weighted by molar-refractivity contribution is 6.28. The normalized spacial score (nSPS) is 48.9. The molecule has 2 aliphatic rings. The van der Waals surface area contributed by atoms with E-state index >= 15 is 0 Å². The molecular formula is C7H7Cl. The van der Waals surface area contributed by atoms with Gasteiger partial charge >= 0.3 is 0 Å². The smallest absolute Gasteiger partial charge is 0.0871 e. The Bertz CT molecular complexity index is 169. The van der Waals surface area contributed by atoms with E-state index in [0.717, 1.165) is 6.42 Å². The van der Waals surface area contributed by atoms with Gasteiger partial charge in [-0.1, -0.05) is 24.3 Å². The van der Waals surface area contributed by atoms with Crippen molar-refractivity contribution in [3.8, 4) is 0 Å². The van der Waals surface area contributed by atoms with Crippen molar-refractivity contribution in [3.63, 3.8) is 0 Å². The topological polar surface area (TPSA) is 0 Å². The van der Waals surface area contributed by atoms with Crippen molar-refractivity contribution in [2.75, 3.05) is 0 Å². The van der Waals surface area contributed by atoms with Gasteiger partial charge in [0.1, 0.15) is 0 Å². The first-order valence-corrected chi connectivity index (χ1v) is 3.25. The van der Waals surface area contributed by atoms with Gasteiger partial charge in [0.05, 0.1) is 4.87 Å². The van der Waals surface area contributed by atoms with Gasteiger partial charge in [0.2, 0.25) is 0 Å². The summed E-state index contributed by atoms with van der Waals surface area (Å²) in [6.45, 7) is 0. The van der Waals surface area contributed by atoms with Crippen LogP contribution in [-0.4, -0.2) is 4.87 Å². The van der Waals surface area contributed by atoms with E-state index in [-0.39, 0.29) is 4.87 Å². The summed E-state index contributed by atoms with van der Waals surface area (Å²) in [6.07, 6.45) is 9.60. The molecule has 0 aromatic carbocycles. The minimum Gasteiger partial charge on any atom is -0.110 e. The van der Waals surface area contributed by atoms with Gasteiger partial charge in [-0.2, -0.15) is 0 Å². The number of alkyl halides is 1. The zero-order valence-corrected chi connectivity index (χ0v) is 5.23. The monoisotopic (exact) mass is 126 g/mol. The second kappa shape index (κ2) is 1.19. The number of hydrogen-bond donors (Lipinski definition) is 0. The Hall–Kier alpha value is -0.230. The fraction of sp³-hybridized carbons (Fsp3) is 0.429. The molecule has 0 nitrogen and oxygen atoms in total. The van der Waals surface area contributed by atoms with E-state index in [4.69, 9.17) is 11.6 Å². The Morgan fingerprint density at radius 2 is 2.38 bits per heavy atom. The molecule has 0 heterocycles. The summed E-state index contributed by atoms with van der Waals surface area (Å²) in [5.41, 5.74) is 0. The first kappa shape index (κ1) is 4.63. The molecule has 2 unspecified atom stereocenters. The maximum absolute atomic E-state index is 6.03. The quantitative estimate of drug-likeness (QED) is 0.345. The van der Waals surface area contributed by atoms with Crippen LogP contribution < -0.4 is 0 Å². The van der Waals surface area contributed by atoms with Crippen LogP contribution in [0.4, 0.5) is 0 Å². The molecule has 0 bridgehead atoms. The van der Waals surface area contributed by atoms with Crippen LogP contribution in [0.1, 0.15) is 6.42 Å². The summed E-state index contributed by atoms with van der Waals surface area (Å²) in [5, 5.41) is 0. The van der Waals surface area contributed by atoms with E-state index < -0.39 is 0 Å². The summed E-state index contributed by atoms with van der Waals surface area (Å²) < 4.78 is 0. The second-order valence-electron chi connectivity index (χ2n) is 2.43. The summed E-state index contributed by atoms with van der Waals surface area (Å²) >= 11 is 6.03. The molecule has 2 rings (SSSR count). The van der Waals surface area contributed by atoms with Crippen molar-refractivity contribution >= 4 is 11.6 Å². The average molecular weight is 127 g/mol. The first-order valence-electron chi connectivity index (χ1n) is 2.87. The van der Waals surface area contributed by atoms with Crippen molar-refractivity contribution in [1.29, 1.82) is 0 Å². The van der Waals surface area contributed by atoms with Gasteiger partial charge in [-0.05, 0) is 6.42 Å². The number of rotatable bonds is 0. The van der Waals surface area contributed by atoms with E-state index in [1.165, 1.54) is 0 Å². The molecule has 1 heteroatoms. The molecule has 0 aromatic rings. The Balaban J connectivity index is 2.38. The highest BCUT2D eigenvalue weighted by atomic mass is 35.5. The molecule has 2 atom stereocenters. The Morgan fingerprint density at radius 1 is 1.50 bits per heavy atom. The van der Waals surface area contributed by atoms with E-state index in [1.807, 2.05) is 0 Å². The molecule has 42 valence electrons. The summed E-state index contributed by atoms with van der Waals surface area (Å²) in [4.78, 5) is -0.0556. The van der Waals surface area contributed by atoms with Crippen molar-refractivity contribution in [2.24, 2.45) is 5.92 Å². The van der Waals surface area contributed by atoms with Gasteiger partial charge in [-0.15, -0.1) is 11.6 Å². The van der Waals surface area contributed by atoms with Crippen LogP contribution in [0.15, 0.2) is 24.3 Å². The van der Waals surface area contributed by atoms with Gasteiger partial charge in [0.15, 0.2) is 0 Å². The molecule has 0 N–H and O–H groups in total. The molecule has 0 spiro atoms. The van der Waals surface area contributed by atoms with E-state index in [9.17, 15) is 0 Å². The van der Waals surface area contributed by atoms with Crippen LogP contribution in [0.3, 0.4) is 0 Å². The van der Waals surface area contributed by atoms with Crippen LogP contribution in [0.5, 0.6) is 0 Å². The third-order valence-corrected chi connectivity index (χ3v) is 2.45. The SMILES string of the molecule is ClC12C=CCC1C=C2. The first-order chi connectivity index (χ1) is 3.81. The molecule has 2 aliphatic carbocycles. The summed E-state index contributed by atoms with van der Waals surface area (Å²) in [6, 6.07) is 0. The Morgan fingerprint density at radius 3 is 2.62 bits per heavy atom. The highest BCUT2D eigenvalue weighted by Crippen LogP contribution is 2.44. The number of allylic oxidation sites excluding steroid dienone is 4. The van der Waals surface area contributed by atoms with E-state index in [0.29, 0.717) is 5.92 Å². The molecule has 0 radical (unpaired) electrons. The second-order valence-corrected chi connectivity index (χ2v) is 3.09. The van der Waals surface area contributed by atoms with Crippen LogP contribution in [0.25, 0.3) is 0 Å². The summed E-state index contributed by atoms with van der Waals surface area (Å²) in [7, 11) is 0. The predicted octanol–water partition coefficient (Wildman–Crippen LogP) is 2.11. The number of hydrogen-bond acceptors (Lipinski definition) is 0. The van der Waals surface area contributed by atoms with Gasteiger partial charge in [0, 0.05) is 5.92 Å². The standard InChI is InChI=1S/C7H7Cl/c8-7-4-1-2-6(7)3-5-7/h1,3-6H,2H2. The highest BCUT2D eigenvalue weighted by Gasteiger charge is 2.39. The number of fused-ring (bicyclic) bond motifs is 1. The van der Waals surface area contributed by atoms with E-state index in [2.05, 4.69) is 24.3 Å². The molecule has 0 amide bonds. The predicted molar refractivity (Wildman–Crippen MR) is 35.0 cm³/mol. The lowest BCUT2D eigenvalue weighted by Crippen LogP contribution is -2.29. The molecule has 0 fully saturated rings. The third kappa shape index (κ3) is 0.373. The van der Waals surface area contributed by atoms with Crippen molar-refractivity contribution in [1.82, 2.24) is 0 Å². The molecular weight excluding hydrogens is 120 g/mol. The molecule has 0 saturated carbocycles. The fourth-order valence-corrected chi connectivity index (χ4v) is 1.57. The van der Waals surface area contributed by atoms with Crippen LogP contribution in [-0.2, 0) is 0 Å². The maximum Gasteiger partial charge on any atom is 0.0871 e. The van der Waals surface area contributed by atoms with Crippen LogP contribution >= 0.6 is 11.6 Å². The van der Waals surface area contributed by atoms with Crippen LogP contribution in [0, 0.1) is 5.92 Å². The third-order valence-electron chi connectivity index (χ3n) is 1.92. The lowest BCUT2D eigenvalue weighted by atomic mass is 9.84. The van der Waals surface area contributed by atoms with Gasteiger partial charge < -0.3 is 0 Å². The Labute approximate surface area is 53.8 Å². The molecule has 0 aromatic heterocycles. The Kier molecular flexibility index (Phi) is 0.688. The minimum atomic E-state index is -0.0556. The minimum absolute atomic E-state index is 0.0556. The van der Waals surface area contributed by atoms with Crippen molar-refractivity contribution in [2.45, 2.75) is 11.3 Å². The van der Waals surface area contributed by atoms with Gasteiger partial charge in [-0.3, -0.25) is 0 Å². The fourth-order valence-electron chi connectivity index (χ4n) is 1.25. The van der Waals surface area contributed by atoms with Gasteiger partial charge in [-0.25, -0.2) is 0 Å². The molecule has 0 saturated heterocycles. The molecule has 8 heavy (non-hydrogen) atoms. The van der Waals surface area contributed by atoms with E-state index in [1.54, 1.807) is 0 Å². The molecule has 0 aliphatic heterocycles. The van der Waals surface area contributed by atoms with Crippen molar-refractivity contribution < 1.29 is 0 Å². The number of halogens is 1. The summed E-state index contributed by atoms with van der Waals surface area (Å²) in [5.74, 6) is 0.615. The average Bonchev–Trinajstić information content (AvgIpc) is 1.94. The van der Waals surface area contributed by atoms with Gasteiger partial charge in [0.25, 0.3) is 0 Å². The zero-order chi connectivity index (χ0) is 5.61. The van der Waals surface area contributed by atoms with Crippen molar-refractivity contribution in [3.05, 3.63) is 24.3 Å².